The largest absolute Gasteiger partial charge is 0.497 e. The number of hydrogen-bond acceptors (Lipinski definition) is 8. The van der Waals surface area contributed by atoms with Crippen molar-refractivity contribution in [2.24, 2.45) is 0 Å². The Bertz CT molecular complexity index is 1250. The number of methoxy groups -OCH3 is 3. The maximum absolute atomic E-state index is 12.4. The lowest BCUT2D eigenvalue weighted by molar-refractivity contribution is -0.120. The molecule has 3 aromatic rings. The number of carbonyl (C=O) groups is 2. The van der Waals surface area contributed by atoms with Crippen LogP contribution in [0, 0.1) is 0 Å². The van der Waals surface area contributed by atoms with Crippen molar-refractivity contribution in [1.29, 1.82) is 0 Å². The Morgan fingerprint density at radius 3 is 2.51 bits per heavy atom. The monoisotopic (exact) mass is 498 g/mol. The van der Waals surface area contributed by atoms with Crippen molar-refractivity contribution in [2.45, 2.75) is 18.1 Å². The number of anilines is 1. The van der Waals surface area contributed by atoms with Crippen LogP contribution >= 0.6 is 11.8 Å². The summed E-state index contributed by atoms with van der Waals surface area (Å²) in [7, 11) is 4.61. The molecule has 0 atom stereocenters. The smallest absolute Gasteiger partial charge is 0.251 e. The number of ether oxygens (including phenoxy) is 3. The summed E-state index contributed by atoms with van der Waals surface area (Å²) in [5, 5.41) is 5.79. The summed E-state index contributed by atoms with van der Waals surface area (Å²) >= 11 is 1.05. The molecule has 11 heteroatoms. The van der Waals surface area contributed by atoms with Crippen molar-refractivity contribution in [3.63, 3.8) is 0 Å². The molecule has 10 nitrogen and oxygen atoms in total. The number of hydrogen-bond donors (Lipinski definition) is 3. The second-order valence-corrected chi connectivity index (χ2v) is 8.22. The second-order valence-electron chi connectivity index (χ2n) is 7.25. The van der Waals surface area contributed by atoms with E-state index in [0.717, 1.165) is 17.3 Å². The minimum absolute atomic E-state index is 0.00275. The molecule has 0 spiro atoms. The number of aromatic amines is 1. The highest BCUT2D eigenvalue weighted by Crippen LogP contribution is 2.29. The molecular weight excluding hydrogens is 472 g/mol. The van der Waals surface area contributed by atoms with Gasteiger partial charge < -0.3 is 29.8 Å². The molecule has 0 aliphatic carbocycles. The average molecular weight is 499 g/mol. The Morgan fingerprint density at radius 2 is 1.77 bits per heavy atom. The van der Waals surface area contributed by atoms with Crippen LogP contribution in [0.5, 0.6) is 17.2 Å². The fourth-order valence-electron chi connectivity index (χ4n) is 3.10. The molecule has 0 fully saturated rings. The first-order valence-electron chi connectivity index (χ1n) is 10.5. The van der Waals surface area contributed by atoms with Crippen molar-refractivity contribution in [1.82, 2.24) is 15.3 Å². The van der Waals surface area contributed by atoms with Crippen molar-refractivity contribution in [3.8, 4) is 17.2 Å². The lowest BCUT2D eigenvalue weighted by atomic mass is 10.2. The average Bonchev–Trinajstić information content (AvgIpc) is 2.86. The first-order chi connectivity index (χ1) is 16.9. The number of nitrogens with zero attached hydrogens (tertiary/aromatic N) is 1. The highest BCUT2D eigenvalue weighted by Gasteiger charge is 2.11. The van der Waals surface area contributed by atoms with E-state index < -0.39 is 5.56 Å². The van der Waals surface area contributed by atoms with Gasteiger partial charge in [-0.3, -0.25) is 14.4 Å². The standard InChI is InChI=1S/C24H26N4O6S/c1-32-18-6-4-5-15(9-18)13-25-21(29)11-17-12-22(30)28-24(27-17)35-14-23(31)26-16-7-8-19(33-2)20(10-16)34-3/h4-10,12H,11,13-14H2,1-3H3,(H,25,29)(H,26,31)(H,27,28,30). The van der Waals surface area contributed by atoms with Gasteiger partial charge in [0.2, 0.25) is 11.8 Å². The van der Waals surface area contributed by atoms with Gasteiger partial charge in [-0.05, 0) is 29.8 Å². The Hall–Kier alpha value is -3.99. The third kappa shape index (κ3) is 7.78. The summed E-state index contributed by atoms with van der Waals surface area (Å²) in [5.74, 6) is 1.15. The Balaban J connectivity index is 1.54. The molecule has 0 radical (unpaired) electrons. The SMILES string of the molecule is COc1cccc(CNC(=O)Cc2cc(=O)[nH]c(SCC(=O)Nc3ccc(OC)c(OC)c3)n2)c1. The summed E-state index contributed by atoms with van der Waals surface area (Å²) in [6, 6.07) is 13.6. The van der Waals surface area contributed by atoms with Crippen LogP contribution in [0.1, 0.15) is 11.3 Å². The van der Waals surface area contributed by atoms with E-state index in [1.165, 1.54) is 20.3 Å². The summed E-state index contributed by atoms with van der Waals surface area (Å²) in [6.45, 7) is 0.317. The second kappa shape index (κ2) is 12.5. The lowest BCUT2D eigenvalue weighted by Gasteiger charge is -2.10. The van der Waals surface area contributed by atoms with E-state index in [-0.39, 0.29) is 29.1 Å². The van der Waals surface area contributed by atoms with Gasteiger partial charge in [-0.1, -0.05) is 23.9 Å². The molecule has 0 unspecified atom stereocenters. The predicted molar refractivity (Wildman–Crippen MR) is 132 cm³/mol. The zero-order chi connectivity index (χ0) is 25.2. The zero-order valence-electron chi connectivity index (χ0n) is 19.5. The molecule has 1 heterocycles. The van der Waals surface area contributed by atoms with Crippen LogP contribution in [0.15, 0.2) is 58.5 Å². The van der Waals surface area contributed by atoms with Crippen molar-refractivity contribution in [3.05, 3.63) is 70.1 Å². The number of amides is 2. The molecule has 0 saturated carbocycles. The highest BCUT2D eigenvalue weighted by atomic mass is 32.2. The van der Waals surface area contributed by atoms with Gasteiger partial charge in [0.15, 0.2) is 16.7 Å². The van der Waals surface area contributed by atoms with E-state index in [0.29, 0.717) is 35.2 Å². The molecule has 0 bridgehead atoms. The first-order valence-corrected chi connectivity index (χ1v) is 11.5. The summed E-state index contributed by atoms with van der Waals surface area (Å²) < 4.78 is 15.6. The van der Waals surface area contributed by atoms with Gasteiger partial charge in [0.25, 0.3) is 5.56 Å². The van der Waals surface area contributed by atoms with Crippen LogP contribution in [0.2, 0.25) is 0 Å². The quantitative estimate of drug-likeness (QED) is 0.271. The molecule has 2 aromatic carbocycles. The van der Waals surface area contributed by atoms with E-state index in [2.05, 4.69) is 20.6 Å². The number of carbonyl (C=O) groups excluding carboxylic acids is 2. The van der Waals surface area contributed by atoms with E-state index in [1.54, 1.807) is 25.3 Å². The molecule has 184 valence electrons. The number of thioether (sulfide) groups is 1. The number of aromatic nitrogens is 2. The van der Waals surface area contributed by atoms with Crippen LogP contribution < -0.4 is 30.4 Å². The molecule has 0 aliphatic rings. The van der Waals surface area contributed by atoms with Gasteiger partial charge in [-0.15, -0.1) is 0 Å². The van der Waals surface area contributed by atoms with Gasteiger partial charge in [-0.2, -0.15) is 0 Å². The fourth-order valence-corrected chi connectivity index (χ4v) is 3.79. The Labute approximate surface area is 206 Å². The van der Waals surface area contributed by atoms with Crippen LogP contribution in [-0.4, -0.2) is 48.9 Å². The summed E-state index contributed by atoms with van der Waals surface area (Å²) in [6.07, 6.45) is -0.0702. The van der Waals surface area contributed by atoms with E-state index >= 15 is 0 Å². The molecule has 0 aliphatic heterocycles. The van der Waals surface area contributed by atoms with Crippen molar-refractivity contribution < 1.29 is 23.8 Å². The molecule has 35 heavy (non-hydrogen) atoms. The molecule has 3 N–H and O–H groups in total. The molecule has 0 saturated heterocycles. The van der Waals surface area contributed by atoms with Gasteiger partial charge >= 0.3 is 0 Å². The molecule has 3 rings (SSSR count). The Kier molecular flexibility index (Phi) is 9.13. The summed E-state index contributed by atoms with van der Waals surface area (Å²) in [5.41, 5.74) is 1.32. The maximum atomic E-state index is 12.4. The topological polar surface area (TPSA) is 132 Å². The van der Waals surface area contributed by atoms with Gasteiger partial charge in [-0.25, -0.2) is 4.98 Å². The predicted octanol–water partition coefficient (Wildman–Crippen LogP) is 2.39. The van der Waals surface area contributed by atoms with E-state index in [1.807, 2.05) is 24.3 Å². The minimum Gasteiger partial charge on any atom is -0.497 e. The fraction of sp³-hybridized carbons (Fsp3) is 0.250. The lowest BCUT2D eigenvalue weighted by Crippen LogP contribution is -2.26. The molecular formula is C24H26N4O6S. The summed E-state index contributed by atoms with van der Waals surface area (Å²) in [4.78, 5) is 43.6. The van der Waals surface area contributed by atoms with Crippen LogP contribution in [0.4, 0.5) is 5.69 Å². The maximum Gasteiger partial charge on any atom is 0.251 e. The van der Waals surface area contributed by atoms with Gasteiger partial charge in [0.05, 0.1) is 39.2 Å². The van der Waals surface area contributed by atoms with Crippen molar-refractivity contribution in [2.75, 3.05) is 32.4 Å². The Morgan fingerprint density at radius 1 is 0.971 bits per heavy atom. The number of rotatable bonds is 11. The van der Waals surface area contributed by atoms with Crippen molar-refractivity contribution >= 4 is 29.3 Å². The number of H-pyrrole nitrogens is 1. The third-order valence-electron chi connectivity index (χ3n) is 4.75. The first kappa shape index (κ1) is 25.6. The highest BCUT2D eigenvalue weighted by molar-refractivity contribution is 7.99. The molecule has 1 aromatic heterocycles. The van der Waals surface area contributed by atoms with E-state index in [9.17, 15) is 14.4 Å². The zero-order valence-corrected chi connectivity index (χ0v) is 20.4. The number of benzene rings is 2. The van der Waals surface area contributed by atoms with Crippen LogP contribution in [0.25, 0.3) is 0 Å². The third-order valence-corrected chi connectivity index (χ3v) is 5.62. The van der Waals surface area contributed by atoms with Gasteiger partial charge in [0.1, 0.15) is 5.75 Å². The minimum atomic E-state index is -0.404. The number of nitrogens with one attached hydrogen (secondary N) is 3. The van der Waals surface area contributed by atoms with E-state index in [4.69, 9.17) is 14.2 Å². The van der Waals surface area contributed by atoms with Crippen LogP contribution in [0.3, 0.4) is 0 Å². The van der Waals surface area contributed by atoms with Gasteiger partial charge in [0, 0.05) is 24.4 Å². The normalized spacial score (nSPS) is 10.4. The van der Waals surface area contributed by atoms with Crippen LogP contribution in [-0.2, 0) is 22.6 Å². The molecule has 2 amide bonds.